The molecule has 0 aromatic heterocycles. The van der Waals surface area contributed by atoms with Gasteiger partial charge in [-0.25, -0.2) is 8.78 Å². The molecule has 3 atom stereocenters. The van der Waals surface area contributed by atoms with Crippen LogP contribution in [-0.4, -0.2) is 42.3 Å². The fourth-order valence-corrected chi connectivity index (χ4v) is 2.14. The summed E-state index contributed by atoms with van der Waals surface area (Å²) in [5.41, 5.74) is 6.25. The summed E-state index contributed by atoms with van der Waals surface area (Å²) in [5.74, 6) is -1.16. The summed E-state index contributed by atoms with van der Waals surface area (Å²) in [6, 6.07) is 1.97. The van der Waals surface area contributed by atoms with Crippen molar-refractivity contribution in [2.24, 2.45) is 11.7 Å². The van der Waals surface area contributed by atoms with Crippen LogP contribution >= 0.6 is 24.8 Å². The zero-order valence-corrected chi connectivity index (χ0v) is 16.8. The average Bonchev–Trinajstić information content (AvgIpc) is 2.48. The van der Waals surface area contributed by atoms with E-state index in [1.807, 2.05) is 13.8 Å². The van der Waals surface area contributed by atoms with Crippen LogP contribution in [0.1, 0.15) is 26.3 Å². The Morgan fingerprint density at radius 3 is 2.15 bits per heavy atom. The quantitative estimate of drug-likeness (QED) is 0.495. The molecule has 5 N–H and O–H groups in total. The van der Waals surface area contributed by atoms with Gasteiger partial charge in [0.1, 0.15) is 11.6 Å². The summed E-state index contributed by atoms with van der Waals surface area (Å²) in [5, 5.41) is 15.8. The van der Waals surface area contributed by atoms with E-state index >= 15 is 0 Å². The first-order valence-electron chi connectivity index (χ1n) is 8.08. The van der Waals surface area contributed by atoms with Gasteiger partial charge in [0.25, 0.3) is 0 Å². The number of aliphatic hydroxyl groups is 1. The average molecular weight is 416 g/mol. The molecular formula is C17H29Cl2F2N3O2. The number of nitrogens with one attached hydrogen (secondary N) is 2. The van der Waals surface area contributed by atoms with Crippen LogP contribution in [0.2, 0.25) is 0 Å². The molecule has 5 nitrogen and oxygen atoms in total. The number of carbonyl (C=O) groups is 1. The zero-order valence-electron chi connectivity index (χ0n) is 15.2. The van der Waals surface area contributed by atoms with E-state index in [9.17, 15) is 18.7 Å². The highest BCUT2D eigenvalue weighted by molar-refractivity contribution is 5.85. The van der Waals surface area contributed by atoms with Crippen LogP contribution in [0.5, 0.6) is 0 Å². The SMILES string of the molecule is CC(C)CNC(=O)[C@H](C)NC[C@@H](O)C(N)Cc1cc(F)cc(F)c1.Cl.Cl. The van der Waals surface area contributed by atoms with E-state index < -0.39 is 29.8 Å². The molecule has 0 saturated carbocycles. The molecule has 0 aliphatic heterocycles. The number of nitrogens with two attached hydrogens (primary N) is 1. The van der Waals surface area contributed by atoms with Crippen molar-refractivity contribution in [1.29, 1.82) is 0 Å². The fourth-order valence-electron chi connectivity index (χ4n) is 2.14. The van der Waals surface area contributed by atoms with Crippen molar-refractivity contribution in [1.82, 2.24) is 10.6 Å². The summed E-state index contributed by atoms with van der Waals surface area (Å²) in [4.78, 5) is 11.8. The van der Waals surface area contributed by atoms with E-state index in [1.54, 1.807) is 6.92 Å². The van der Waals surface area contributed by atoms with Gasteiger partial charge in [-0.05, 0) is 37.0 Å². The number of carbonyl (C=O) groups excluding carboxylic acids is 1. The second-order valence-corrected chi connectivity index (χ2v) is 6.48. The van der Waals surface area contributed by atoms with Crippen LogP contribution in [-0.2, 0) is 11.2 Å². The molecule has 0 aliphatic rings. The summed E-state index contributed by atoms with van der Waals surface area (Å²) in [7, 11) is 0. The summed E-state index contributed by atoms with van der Waals surface area (Å²) in [6.45, 7) is 6.37. The predicted octanol–water partition coefficient (Wildman–Crippen LogP) is 1.79. The first-order valence-corrected chi connectivity index (χ1v) is 8.08. The van der Waals surface area contributed by atoms with Crippen molar-refractivity contribution in [2.75, 3.05) is 13.1 Å². The maximum atomic E-state index is 13.2. The van der Waals surface area contributed by atoms with Gasteiger partial charge < -0.3 is 21.5 Å². The fraction of sp³-hybridized carbons (Fsp3) is 0.588. The van der Waals surface area contributed by atoms with Crippen molar-refractivity contribution in [2.45, 2.75) is 45.4 Å². The smallest absolute Gasteiger partial charge is 0.236 e. The van der Waals surface area contributed by atoms with Crippen LogP contribution in [0.15, 0.2) is 18.2 Å². The number of hydrogen-bond donors (Lipinski definition) is 4. The highest BCUT2D eigenvalue weighted by Gasteiger charge is 2.19. The van der Waals surface area contributed by atoms with Gasteiger partial charge in [0.05, 0.1) is 12.1 Å². The van der Waals surface area contributed by atoms with Gasteiger partial charge >= 0.3 is 0 Å². The summed E-state index contributed by atoms with van der Waals surface area (Å²) in [6.07, 6.45) is -0.817. The third kappa shape index (κ3) is 10.2. The van der Waals surface area contributed by atoms with Gasteiger partial charge in [-0.15, -0.1) is 24.8 Å². The lowest BCUT2D eigenvalue weighted by atomic mass is 10.0. The minimum Gasteiger partial charge on any atom is -0.390 e. The van der Waals surface area contributed by atoms with Crippen molar-refractivity contribution in [3.63, 3.8) is 0 Å². The molecule has 1 rings (SSSR count). The Hall–Kier alpha value is -0.990. The zero-order chi connectivity index (χ0) is 18.3. The molecule has 1 unspecified atom stereocenters. The number of halogens is 4. The topological polar surface area (TPSA) is 87.4 Å². The molecule has 0 saturated heterocycles. The maximum Gasteiger partial charge on any atom is 0.236 e. The Labute approximate surface area is 165 Å². The van der Waals surface area contributed by atoms with Gasteiger partial charge in [-0.1, -0.05) is 13.8 Å². The molecule has 0 fully saturated rings. The molecular weight excluding hydrogens is 387 g/mol. The molecule has 0 bridgehead atoms. The van der Waals surface area contributed by atoms with Gasteiger partial charge in [-0.2, -0.15) is 0 Å². The van der Waals surface area contributed by atoms with E-state index in [4.69, 9.17) is 5.73 Å². The van der Waals surface area contributed by atoms with Crippen LogP contribution in [0.3, 0.4) is 0 Å². The number of benzene rings is 1. The van der Waals surface area contributed by atoms with E-state index in [1.165, 1.54) is 12.1 Å². The molecule has 1 aromatic carbocycles. The third-order valence-electron chi connectivity index (χ3n) is 3.60. The van der Waals surface area contributed by atoms with Crippen LogP contribution in [0, 0.1) is 17.6 Å². The normalized spacial score (nSPS) is 14.0. The minimum absolute atomic E-state index is 0. The standard InChI is InChI=1S/C17H27F2N3O2.2ClH/c1-10(2)8-22-17(24)11(3)21-9-16(23)15(20)6-12-4-13(18)7-14(19)5-12;;/h4-5,7,10-11,15-16,21,23H,6,8-9,20H2,1-3H3,(H,22,24);2*1H/t11-,15?,16+;;/m0../s1. The van der Waals surface area contributed by atoms with Crippen molar-refractivity contribution < 1.29 is 18.7 Å². The van der Waals surface area contributed by atoms with Gasteiger partial charge in [-0.3, -0.25) is 4.79 Å². The van der Waals surface area contributed by atoms with Crippen LogP contribution in [0.25, 0.3) is 0 Å². The number of amides is 1. The van der Waals surface area contributed by atoms with Crippen LogP contribution in [0.4, 0.5) is 8.78 Å². The molecule has 0 spiro atoms. The second kappa shape index (κ2) is 13.2. The molecule has 1 aromatic rings. The maximum absolute atomic E-state index is 13.2. The predicted molar refractivity (Wildman–Crippen MR) is 104 cm³/mol. The van der Waals surface area contributed by atoms with Crippen molar-refractivity contribution >= 4 is 30.7 Å². The Morgan fingerprint density at radius 2 is 1.65 bits per heavy atom. The van der Waals surface area contributed by atoms with Gasteiger partial charge in [0.15, 0.2) is 0 Å². The first kappa shape index (κ1) is 27.2. The Kier molecular flexibility index (Phi) is 13.8. The second-order valence-electron chi connectivity index (χ2n) is 6.48. The van der Waals surface area contributed by atoms with Crippen LogP contribution < -0.4 is 16.4 Å². The van der Waals surface area contributed by atoms with Gasteiger partial charge in [0, 0.05) is 25.2 Å². The van der Waals surface area contributed by atoms with Crippen molar-refractivity contribution in [3.05, 3.63) is 35.4 Å². The number of aliphatic hydroxyl groups excluding tert-OH is 1. The molecule has 0 heterocycles. The summed E-state index contributed by atoms with van der Waals surface area (Å²) >= 11 is 0. The molecule has 0 radical (unpaired) electrons. The molecule has 9 heteroatoms. The van der Waals surface area contributed by atoms with E-state index in [0.717, 1.165) is 6.07 Å². The lowest BCUT2D eigenvalue weighted by Gasteiger charge is -2.22. The number of hydrogen-bond acceptors (Lipinski definition) is 4. The molecule has 152 valence electrons. The first-order chi connectivity index (χ1) is 11.2. The molecule has 1 amide bonds. The van der Waals surface area contributed by atoms with E-state index in [2.05, 4.69) is 10.6 Å². The highest BCUT2D eigenvalue weighted by Crippen LogP contribution is 2.10. The summed E-state index contributed by atoms with van der Waals surface area (Å²) < 4.78 is 26.3. The lowest BCUT2D eigenvalue weighted by Crippen LogP contribution is -2.49. The van der Waals surface area contributed by atoms with E-state index in [-0.39, 0.29) is 43.7 Å². The Bertz CT molecular complexity index is 530. The number of rotatable bonds is 9. The minimum atomic E-state index is -0.948. The lowest BCUT2D eigenvalue weighted by molar-refractivity contribution is -0.123. The highest BCUT2D eigenvalue weighted by atomic mass is 35.5. The monoisotopic (exact) mass is 415 g/mol. The Morgan fingerprint density at radius 1 is 1.12 bits per heavy atom. The Balaban J connectivity index is 0. The van der Waals surface area contributed by atoms with Crippen molar-refractivity contribution in [3.8, 4) is 0 Å². The molecule has 0 aliphatic carbocycles. The molecule has 26 heavy (non-hydrogen) atoms. The van der Waals surface area contributed by atoms with E-state index in [0.29, 0.717) is 18.0 Å². The third-order valence-corrected chi connectivity index (χ3v) is 3.60. The van der Waals surface area contributed by atoms with Gasteiger partial charge in [0.2, 0.25) is 5.91 Å². The largest absolute Gasteiger partial charge is 0.390 e.